The van der Waals surface area contributed by atoms with Crippen LogP contribution in [0.1, 0.15) is 23.6 Å². The molecule has 0 unspecified atom stereocenters. The van der Waals surface area contributed by atoms with Gasteiger partial charge in [-0.1, -0.05) is 6.07 Å². The minimum absolute atomic E-state index is 0.000198. The number of halogens is 7. The molecule has 0 aromatic heterocycles. The number of hydrogen-bond donors (Lipinski definition) is 1. The highest BCUT2D eigenvalue weighted by atomic mass is 32.2. The van der Waals surface area contributed by atoms with Crippen LogP contribution in [0.5, 0.6) is 17.2 Å². The summed E-state index contributed by atoms with van der Waals surface area (Å²) in [6.07, 6.45) is -5.33. The van der Waals surface area contributed by atoms with Gasteiger partial charge in [0, 0.05) is 5.56 Å². The predicted molar refractivity (Wildman–Crippen MR) is 125 cm³/mol. The first-order valence-electron chi connectivity index (χ1n) is 10.8. The fraction of sp³-hybridized carbons (Fsp3) is 0.417. The van der Waals surface area contributed by atoms with E-state index < -0.39 is 35.4 Å². The molecule has 1 N–H and O–H groups in total. The number of carbonyl (C=O) groups excluding carboxylic acids is 1. The Balaban J connectivity index is 2.27. The predicted octanol–water partition coefficient (Wildman–Crippen LogP) is 5.40. The van der Waals surface area contributed by atoms with Crippen LogP contribution >= 0.6 is 11.8 Å². The van der Waals surface area contributed by atoms with Gasteiger partial charge in [0.15, 0.2) is 16.9 Å². The van der Waals surface area contributed by atoms with Crippen LogP contribution in [0, 0.1) is 0 Å². The van der Waals surface area contributed by atoms with Gasteiger partial charge in [0.25, 0.3) is 5.91 Å². The molecule has 2 aromatic carbocycles. The zero-order chi connectivity index (χ0) is 28.6. The molecular formula is C24H22F7NO5S. The number of thioether (sulfide) groups is 1. The number of fused-ring (bicyclic) bond motifs is 3. The third-order valence-corrected chi connectivity index (χ3v) is 6.84. The van der Waals surface area contributed by atoms with E-state index in [9.17, 15) is 40.3 Å². The first-order valence-corrected chi connectivity index (χ1v) is 12.1. The van der Waals surface area contributed by atoms with Gasteiger partial charge in [0.2, 0.25) is 5.75 Å². The quantitative estimate of drug-likeness (QED) is 0.356. The van der Waals surface area contributed by atoms with E-state index >= 15 is 0 Å². The van der Waals surface area contributed by atoms with Gasteiger partial charge in [-0.15, -0.1) is 11.8 Å². The molecular weight excluding hydrogens is 547 g/mol. The number of methoxy groups -OCH3 is 3. The van der Waals surface area contributed by atoms with Gasteiger partial charge < -0.3 is 19.5 Å². The standard InChI is InChI=1S/C24H22F7NO5S/c1-35-16-9-11-5-7-14(32-21(34)22(25,26)23(27,28)24(29,30)31)13-10-15(33)17(38-4)8-6-12(13)18(11)20(37-3)19(16)36-2/h6,8-10,14H,5,7H2,1-4H3,(H,32,34)/t14-/m0/s1. The molecule has 1 amide bonds. The highest BCUT2D eigenvalue weighted by Gasteiger charge is 2.76. The maximum absolute atomic E-state index is 14.2. The normalized spacial score (nSPS) is 15.6. The van der Waals surface area contributed by atoms with Crippen molar-refractivity contribution in [2.75, 3.05) is 27.6 Å². The number of alkyl halides is 7. The highest BCUT2D eigenvalue weighted by molar-refractivity contribution is 7.98. The van der Waals surface area contributed by atoms with Crippen molar-refractivity contribution in [2.45, 2.75) is 41.8 Å². The summed E-state index contributed by atoms with van der Waals surface area (Å²) in [4.78, 5) is 25.3. The van der Waals surface area contributed by atoms with Crippen LogP contribution in [0.4, 0.5) is 30.7 Å². The van der Waals surface area contributed by atoms with Crippen LogP contribution in [0.2, 0.25) is 0 Å². The van der Waals surface area contributed by atoms with Crippen LogP contribution in [0.3, 0.4) is 0 Å². The van der Waals surface area contributed by atoms with Crippen LogP contribution in [0.25, 0.3) is 11.1 Å². The second-order valence-electron chi connectivity index (χ2n) is 8.17. The molecule has 0 heterocycles. The van der Waals surface area contributed by atoms with Crippen molar-refractivity contribution in [3.8, 4) is 28.4 Å². The van der Waals surface area contributed by atoms with E-state index in [1.54, 1.807) is 17.6 Å². The molecule has 0 bridgehead atoms. The number of benzene rings is 1. The van der Waals surface area contributed by atoms with Crippen LogP contribution in [-0.4, -0.2) is 51.5 Å². The molecule has 208 valence electrons. The van der Waals surface area contributed by atoms with E-state index in [-0.39, 0.29) is 46.1 Å². The smallest absolute Gasteiger partial charge is 0.460 e. The average Bonchev–Trinajstić information content (AvgIpc) is 3.10. The molecule has 0 saturated heterocycles. The summed E-state index contributed by atoms with van der Waals surface area (Å²) in [5.41, 5.74) is 0.345. The molecule has 1 aliphatic rings. The molecule has 2 aromatic rings. The van der Waals surface area contributed by atoms with Gasteiger partial charge >= 0.3 is 18.0 Å². The molecule has 3 rings (SSSR count). The van der Waals surface area contributed by atoms with Gasteiger partial charge in [-0.05, 0) is 54.0 Å². The summed E-state index contributed by atoms with van der Waals surface area (Å²) in [6.45, 7) is 0. The summed E-state index contributed by atoms with van der Waals surface area (Å²) in [5.74, 6) is -15.1. The molecule has 38 heavy (non-hydrogen) atoms. The lowest BCUT2D eigenvalue weighted by molar-refractivity contribution is -0.344. The van der Waals surface area contributed by atoms with E-state index in [1.807, 2.05) is 0 Å². The Labute approximate surface area is 216 Å². The Morgan fingerprint density at radius 2 is 1.61 bits per heavy atom. The van der Waals surface area contributed by atoms with Crippen molar-refractivity contribution < 1.29 is 49.7 Å². The minimum atomic E-state index is -6.69. The number of aryl methyl sites for hydroxylation is 1. The SMILES string of the molecule is COc1cc2c(c(OC)c1OC)-c1ccc(SC)c(=O)cc1[C@@H](NC(=O)C(F)(F)C(F)(F)C(F)(F)F)CC2. The number of amides is 1. The molecule has 0 spiro atoms. The number of ether oxygens (including phenoxy) is 3. The lowest BCUT2D eigenvalue weighted by atomic mass is 9.95. The Hall–Kier alpha value is -3.16. The summed E-state index contributed by atoms with van der Waals surface area (Å²) < 4.78 is 110. The lowest BCUT2D eigenvalue weighted by Crippen LogP contribution is -2.59. The maximum atomic E-state index is 14.2. The largest absolute Gasteiger partial charge is 0.493 e. The molecule has 0 fully saturated rings. The van der Waals surface area contributed by atoms with Crippen molar-refractivity contribution in [1.82, 2.24) is 5.32 Å². The van der Waals surface area contributed by atoms with E-state index in [0.717, 1.165) is 17.8 Å². The fourth-order valence-electron chi connectivity index (χ4n) is 4.19. The number of hydrogen-bond acceptors (Lipinski definition) is 6. The molecule has 0 radical (unpaired) electrons. The topological polar surface area (TPSA) is 73.9 Å². The second kappa shape index (κ2) is 10.5. The Bertz CT molecular complexity index is 1300. The Morgan fingerprint density at radius 3 is 2.13 bits per heavy atom. The molecule has 1 aliphatic carbocycles. The molecule has 1 atom stereocenters. The summed E-state index contributed by atoms with van der Waals surface area (Å²) in [6, 6.07) is 3.91. The van der Waals surface area contributed by atoms with Crippen LogP contribution in [-0.2, 0) is 11.2 Å². The average molecular weight is 569 g/mol. The highest BCUT2D eigenvalue weighted by Crippen LogP contribution is 2.51. The number of rotatable bonds is 7. The van der Waals surface area contributed by atoms with Gasteiger partial charge in [0.1, 0.15) is 0 Å². The van der Waals surface area contributed by atoms with Crippen molar-refractivity contribution >= 4 is 17.7 Å². The van der Waals surface area contributed by atoms with Gasteiger partial charge in [-0.2, -0.15) is 30.7 Å². The first kappa shape index (κ1) is 29.4. The molecule has 6 nitrogen and oxygen atoms in total. The number of carbonyl (C=O) groups is 1. The van der Waals surface area contributed by atoms with Gasteiger partial charge in [-0.25, -0.2) is 0 Å². The van der Waals surface area contributed by atoms with E-state index in [2.05, 4.69) is 0 Å². The zero-order valence-electron chi connectivity index (χ0n) is 20.4. The second-order valence-corrected chi connectivity index (χ2v) is 9.02. The van der Waals surface area contributed by atoms with Crippen LogP contribution in [0.15, 0.2) is 34.0 Å². The summed E-state index contributed by atoms with van der Waals surface area (Å²) >= 11 is 1.06. The maximum Gasteiger partial charge on any atom is 0.460 e. The third-order valence-electron chi connectivity index (χ3n) is 6.06. The van der Waals surface area contributed by atoms with Crippen molar-refractivity contribution in [3.05, 3.63) is 45.6 Å². The van der Waals surface area contributed by atoms with Gasteiger partial charge in [0.05, 0.1) is 32.3 Å². The summed E-state index contributed by atoms with van der Waals surface area (Å²) in [7, 11) is 4.01. The first-order chi connectivity index (χ1) is 17.7. The van der Waals surface area contributed by atoms with Gasteiger partial charge in [-0.3, -0.25) is 9.59 Å². The van der Waals surface area contributed by atoms with Crippen molar-refractivity contribution in [2.24, 2.45) is 0 Å². The van der Waals surface area contributed by atoms with E-state index in [1.165, 1.54) is 33.5 Å². The summed E-state index contributed by atoms with van der Waals surface area (Å²) in [5, 5.41) is 1.62. The van der Waals surface area contributed by atoms with Crippen molar-refractivity contribution in [1.29, 1.82) is 0 Å². The molecule has 0 aliphatic heterocycles. The minimum Gasteiger partial charge on any atom is -0.493 e. The Morgan fingerprint density at radius 1 is 0.974 bits per heavy atom. The van der Waals surface area contributed by atoms with Crippen molar-refractivity contribution in [3.63, 3.8) is 0 Å². The van der Waals surface area contributed by atoms with E-state index in [4.69, 9.17) is 14.2 Å². The van der Waals surface area contributed by atoms with E-state index in [0.29, 0.717) is 11.1 Å². The third kappa shape index (κ3) is 4.85. The molecule has 14 heteroatoms. The Kier molecular flexibility index (Phi) is 8.15. The lowest BCUT2D eigenvalue weighted by Gasteiger charge is -2.29. The van der Waals surface area contributed by atoms with Crippen LogP contribution < -0.4 is 25.0 Å². The fourth-order valence-corrected chi connectivity index (χ4v) is 4.65. The molecule has 0 saturated carbocycles. The number of nitrogens with one attached hydrogen (secondary N) is 1. The monoisotopic (exact) mass is 569 g/mol. The zero-order valence-corrected chi connectivity index (χ0v) is 21.2.